The van der Waals surface area contributed by atoms with Crippen LogP contribution in [0.3, 0.4) is 0 Å². The van der Waals surface area contributed by atoms with Gasteiger partial charge in [0.15, 0.2) is 12.4 Å². The lowest BCUT2D eigenvalue weighted by Gasteiger charge is -2.15. The third-order valence-electron chi connectivity index (χ3n) is 4.18. The van der Waals surface area contributed by atoms with Crippen LogP contribution in [0, 0.1) is 11.8 Å². The summed E-state index contributed by atoms with van der Waals surface area (Å²) in [5.74, 6) is 3.45. The van der Waals surface area contributed by atoms with Crippen molar-refractivity contribution in [1.82, 2.24) is 0 Å². The lowest BCUT2D eigenvalue weighted by Crippen LogP contribution is -2.09. The molecule has 1 fully saturated rings. The standard InChI is InChI=1S/C22H26O4/c1-16(2)14-24-20-9-11-21(12-10-20)26-22(13-23)18-5-7-19(8-6-18)25-15-17-3-4-17/h5-13,16-17,22H,3-4,14-15H2,1-2H3. The van der Waals surface area contributed by atoms with Crippen molar-refractivity contribution >= 4 is 6.29 Å². The molecule has 1 aliphatic rings. The predicted molar refractivity (Wildman–Crippen MR) is 101 cm³/mol. The van der Waals surface area contributed by atoms with Crippen LogP contribution in [0.5, 0.6) is 17.2 Å². The minimum Gasteiger partial charge on any atom is -0.493 e. The Balaban J connectivity index is 1.56. The van der Waals surface area contributed by atoms with Gasteiger partial charge in [0, 0.05) is 0 Å². The normalized spacial score (nSPS) is 14.7. The third-order valence-corrected chi connectivity index (χ3v) is 4.18. The molecule has 4 heteroatoms. The Bertz CT molecular complexity index is 687. The number of carbonyl (C=O) groups is 1. The SMILES string of the molecule is CC(C)COc1ccc(OC(C=O)c2ccc(OCC3CC3)cc2)cc1. The molecular formula is C22H26O4. The van der Waals surface area contributed by atoms with Crippen LogP contribution in [-0.4, -0.2) is 19.5 Å². The van der Waals surface area contributed by atoms with Gasteiger partial charge in [-0.1, -0.05) is 26.0 Å². The topological polar surface area (TPSA) is 44.8 Å². The predicted octanol–water partition coefficient (Wildman–Crippen LogP) is 4.83. The Morgan fingerprint density at radius 1 is 0.923 bits per heavy atom. The summed E-state index contributed by atoms with van der Waals surface area (Å²) in [6.07, 6.45) is 2.69. The number of carbonyl (C=O) groups excluding carboxylic acids is 1. The van der Waals surface area contributed by atoms with Crippen molar-refractivity contribution in [1.29, 1.82) is 0 Å². The van der Waals surface area contributed by atoms with Gasteiger partial charge in [-0.2, -0.15) is 0 Å². The molecule has 0 saturated heterocycles. The summed E-state index contributed by atoms with van der Waals surface area (Å²) in [6, 6.07) is 14.9. The minimum atomic E-state index is -0.644. The molecule has 0 N–H and O–H groups in total. The molecule has 0 amide bonds. The first-order chi connectivity index (χ1) is 12.6. The van der Waals surface area contributed by atoms with E-state index in [1.807, 2.05) is 48.5 Å². The van der Waals surface area contributed by atoms with Gasteiger partial charge in [-0.05, 0) is 66.6 Å². The van der Waals surface area contributed by atoms with Gasteiger partial charge in [-0.15, -0.1) is 0 Å². The van der Waals surface area contributed by atoms with E-state index >= 15 is 0 Å². The first-order valence-electron chi connectivity index (χ1n) is 9.21. The Kier molecular flexibility index (Phi) is 6.16. The summed E-state index contributed by atoms with van der Waals surface area (Å²) in [6.45, 7) is 5.66. The molecule has 1 atom stereocenters. The van der Waals surface area contributed by atoms with Gasteiger partial charge in [0.2, 0.25) is 0 Å². The highest BCUT2D eigenvalue weighted by molar-refractivity contribution is 5.61. The van der Waals surface area contributed by atoms with E-state index in [1.54, 1.807) is 0 Å². The monoisotopic (exact) mass is 354 g/mol. The summed E-state index contributed by atoms with van der Waals surface area (Å²) in [4.78, 5) is 11.5. The maximum atomic E-state index is 11.5. The lowest BCUT2D eigenvalue weighted by atomic mass is 10.1. The van der Waals surface area contributed by atoms with Crippen LogP contribution in [0.15, 0.2) is 48.5 Å². The first kappa shape index (κ1) is 18.3. The van der Waals surface area contributed by atoms with Gasteiger partial charge in [-0.25, -0.2) is 0 Å². The number of hydrogen-bond acceptors (Lipinski definition) is 4. The summed E-state index contributed by atoms with van der Waals surface area (Å²) < 4.78 is 17.2. The largest absolute Gasteiger partial charge is 0.493 e. The van der Waals surface area contributed by atoms with Crippen LogP contribution in [0.1, 0.15) is 38.4 Å². The van der Waals surface area contributed by atoms with Crippen molar-refractivity contribution < 1.29 is 19.0 Å². The first-order valence-corrected chi connectivity index (χ1v) is 9.21. The molecule has 26 heavy (non-hydrogen) atoms. The Morgan fingerprint density at radius 2 is 1.50 bits per heavy atom. The van der Waals surface area contributed by atoms with Gasteiger partial charge in [-0.3, -0.25) is 4.79 Å². The van der Waals surface area contributed by atoms with Crippen molar-refractivity contribution in [2.45, 2.75) is 32.8 Å². The molecule has 0 radical (unpaired) electrons. The highest BCUT2D eigenvalue weighted by atomic mass is 16.5. The number of ether oxygens (including phenoxy) is 3. The molecule has 0 bridgehead atoms. The minimum absolute atomic E-state index is 0.474. The van der Waals surface area contributed by atoms with E-state index in [0.29, 0.717) is 24.2 Å². The van der Waals surface area contributed by atoms with Crippen LogP contribution in [0.2, 0.25) is 0 Å². The fourth-order valence-electron chi connectivity index (χ4n) is 2.45. The average Bonchev–Trinajstić information content (AvgIpc) is 3.49. The van der Waals surface area contributed by atoms with Crippen LogP contribution >= 0.6 is 0 Å². The molecule has 0 heterocycles. The van der Waals surface area contributed by atoms with E-state index in [0.717, 1.165) is 30.0 Å². The van der Waals surface area contributed by atoms with Gasteiger partial charge >= 0.3 is 0 Å². The quantitative estimate of drug-likeness (QED) is 0.573. The van der Waals surface area contributed by atoms with E-state index in [4.69, 9.17) is 14.2 Å². The van der Waals surface area contributed by atoms with Crippen molar-refractivity contribution in [3.05, 3.63) is 54.1 Å². The van der Waals surface area contributed by atoms with Crippen molar-refractivity contribution in [3.63, 3.8) is 0 Å². The van der Waals surface area contributed by atoms with Crippen LogP contribution < -0.4 is 14.2 Å². The summed E-state index contributed by atoms with van der Waals surface area (Å²) >= 11 is 0. The van der Waals surface area contributed by atoms with Crippen molar-refractivity contribution in [2.75, 3.05) is 13.2 Å². The van der Waals surface area contributed by atoms with E-state index < -0.39 is 6.10 Å². The number of aldehydes is 1. The molecule has 138 valence electrons. The van der Waals surface area contributed by atoms with E-state index in [9.17, 15) is 4.79 Å². The molecule has 0 aromatic heterocycles. The van der Waals surface area contributed by atoms with E-state index in [2.05, 4.69) is 13.8 Å². The smallest absolute Gasteiger partial charge is 0.179 e. The third kappa shape index (κ3) is 5.51. The Morgan fingerprint density at radius 3 is 2.08 bits per heavy atom. The highest BCUT2D eigenvalue weighted by Gasteiger charge is 2.22. The maximum absolute atomic E-state index is 11.5. The molecule has 4 nitrogen and oxygen atoms in total. The molecule has 0 spiro atoms. The Labute approximate surface area is 155 Å². The van der Waals surface area contributed by atoms with Gasteiger partial charge in [0.05, 0.1) is 13.2 Å². The van der Waals surface area contributed by atoms with Crippen LogP contribution in [-0.2, 0) is 4.79 Å². The van der Waals surface area contributed by atoms with Crippen LogP contribution in [0.4, 0.5) is 0 Å². The van der Waals surface area contributed by atoms with E-state index in [-0.39, 0.29) is 0 Å². The number of hydrogen-bond donors (Lipinski definition) is 0. The van der Waals surface area contributed by atoms with Gasteiger partial charge < -0.3 is 14.2 Å². The summed E-state index contributed by atoms with van der Waals surface area (Å²) in [7, 11) is 0. The van der Waals surface area contributed by atoms with Gasteiger partial charge in [0.1, 0.15) is 17.2 Å². The average molecular weight is 354 g/mol. The second-order valence-electron chi connectivity index (χ2n) is 7.17. The van der Waals surface area contributed by atoms with Crippen molar-refractivity contribution in [2.24, 2.45) is 11.8 Å². The highest BCUT2D eigenvalue weighted by Crippen LogP contribution is 2.30. The number of benzene rings is 2. The maximum Gasteiger partial charge on any atom is 0.179 e. The zero-order chi connectivity index (χ0) is 18.4. The lowest BCUT2D eigenvalue weighted by molar-refractivity contribution is -0.113. The second-order valence-corrected chi connectivity index (χ2v) is 7.17. The van der Waals surface area contributed by atoms with Gasteiger partial charge in [0.25, 0.3) is 0 Å². The van der Waals surface area contributed by atoms with Crippen LogP contribution in [0.25, 0.3) is 0 Å². The summed E-state index contributed by atoms with van der Waals surface area (Å²) in [5.41, 5.74) is 0.805. The number of rotatable bonds is 10. The molecule has 1 aliphatic carbocycles. The Hall–Kier alpha value is -2.49. The van der Waals surface area contributed by atoms with Crippen molar-refractivity contribution in [3.8, 4) is 17.2 Å². The molecule has 2 aromatic carbocycles. The second kappa shape index (κ2) is 8.75. The zero-order valence-electron chi connectivity index (χ0n) is 15.4. The molecule has 2 aromatic rings. The molecular weight excluding hydrogens is 328 g/mol. The fourth-order valence-corrected chi connectivity index (χ4v) is 2.45. The molecule has 0 aliphatic heterocycles. The molecule has 1 unspecified atom stereocenters. The molecule has 3 rings (SSSR count). The zero-order valence-corrected chi connectivity index (χ0v) is 15.4. The van der Waals surface area contributed by atoms with E-state index in [1.165, 1.54) is 12.8 Å². The fraction of sp³-hybridized carbons (Fsp3) is 0.409. The summed E-state index contributed by atoms with van der Waals surface area (Å²) in [5, 5.41) is 0. The molecule has 1 saturated carbocycles.